The van der Waals surface area contributed by atoms with Crippen LogP contribution in [0.25, 0.3) is 0 Å². The fourth-order valence-corrected chi connectivity index (χ4v) is 2.45. The van der Waals surface area contributed by atoms with Crippen molar-refractivity contribution < 1.29 is 8.78 Å². The summed E-state index contributed by atoms with van der Waals surface area (Å²) in [7, 11) is 0. The molecule has 0 bridgehead atoms. The topological polar surface area (TPSA) is 0 Å². The quantitative estimate of drug-likeness (QED) is 0.307. The van der Waals surface area contributed by atoms with Crippen LogP contribution >= 0.6 is 0 Å². The van der Waals surface area contributed by atoms with Gasteiger partial charge in [-0.05, 0) is 12.8 Å². The number of unbranched alkanes of at least 4 members (excludes halogenated alkanes) is 8. The van der Waals surface area contributed by atoms with Crippen molar-refractivity contribution in [1.29, 1.82) is 0 Å². The van der Waals surface area contributed by atoms with E-state index in [4.69, 9.17) is 0 Å². The van der Waals surface area contributed by atoms with Crippen molar-refractivity contribution in [2.45, 2.75) is 110 Å². The van der Waals surface area contributed by atoms with Crippen molar-refractivity contribution in [1.82, 2.24) is 0 Å². The highest BCUT2D eigenvalue weighted by molar-refractivity contribution is 4.65. The van der Waals surface area contributed by atoms with Crippen LogP contribution < -0.4 is 0 Å². The molecule has 0 heterocycles. The van der Waals surface area contributed by atoms with Crippen LogP contribution in [-0.2, 0) is 0 Å². The fourth-order valence-electron chi connectivity index (χ4n) is 2.45. The fraction of sp³-hybridized carbons (Fsp3) is 1.00. The monoisotopic (exact) mass is 276 g/mol. The molecule has 0 amide bonds. The minimum Gasteiger partial charge on any atom is -0.247 e. The molecule has 0 nitrogen and oxygen atoms in total. The second-order valence-corrected chi connectivity index (χ2v) is 5.84. The largest absolute Gasteiger partial charge is 0.247 e. The highest BCUT2D eigenvalue weighted by atomic mass is 19.1. The van der Waals surface area contributed by atoms with Gasteiger partial charge in [0.15, 0.2) is 0 Å². The molecule has 0 saturated heterocycles. The lowest BCUT2D eigenvalue weighted by atomic mass is 10.0. The van der Waals surface area contributed by atoms with Crippen molar-refractivity contribution in [3.63, 3.8) is 0 Å². The predicted molar refractivity (Wildman–Crippen MR) is 81.2 cm³/mol. The Hall–Kier alpha value is -0.140. The van der Waals surface area contributed by atoms with E-state index in [1.807, 2.05) is 0 Å². The Balaban J connectivity index is 3.30. The lowest BCUT2D eigenvalue weighted by Crippen LogP contribution is -2.10. The van der Waals surface area contributed by atoms with E-state index in [0.717, 1.165) is 32.1 Å². The molecule has 0 spiro atoms. The molecule has 0 fully saturated rings. The first-order valence-electron chi connectivity index (χ1n) is 8.48. The second kappa shape index (κ2) is 14.3. The number of hydrogen-bond donors (Lipinski definition) is 0. The van der Waals surface area contributed by atoms with Gasteiger partial charge in [0.2, 0.25) is 0 Å². The molecule has 19 heavy (non-hydrogen) atoms. The predicted octanol–water partition coefficient (Wildman–Crippen LogP) is 6.77. The van der Waals surface area contributed by atoms with E-state index in [9.17, 15) is 8.78 Å². The normalized spacial score (nSPS) is 14.5. The number of alkyl halides is 2. The van der Waals surface area contributed by atoms with E-state index in [-0.39, 0.29) is 6.42 Å². The summed E-state index contributed by atoms with van der Waals surface area (Å²) < 4.78 is 27.0. The smallest absolute Gasteiger partial charge is 0.103 e. The number of rotatable bonds is 14. The lowest BCUT2D eigenvalue weighted by Gasteiger charge is -2.12. The van der Waals surface area contributed by atoms with Crippen LogP contribution in [0, 0.1) is 0 Å². The molecular formula is C17H34F2. The summed E-state index contributed by atoms with van der Waals surface area (Å²) in [6.45, 7) is 4.31. The summed E-state index contributed by atoms with van der Waals surface area (Å²) in [6, 6.07) is 0. The molecule has 0 aliphatic carbocycles. The molecule has 2 unspecified atom stereocenters. The van der Waals surface area contributed by atoms with Crippen LogP contribution in [0.5, 0.6) is 0 Å². The Morgan fingerprint density at radius 1 is 0.579 bits per heavy atom. The van der Waals surface area contributed by atoms with E-state index >= 15 is 0 Å². The lowest BCUT2D eigenvalue weighted by molar-refractivity contribution is 0.195. The maximum absolute atomic E-state index is 13.6. The molecule has 0 aliphatic heterocycles. The van der Waals surface area contributed by atoms with Gasteiger partial charge in [-0.3, -0.25) is 0 Å². The summed E-state index contributed by atoms with van der Waals surface area (Å²) in [6.07, 6.45) is 10.8. The SMILES string of the molecule is CCCCCCCCCC(F)CC(F)CCCCC. The molecule has 2 atom stereocenters. The van der Waals surface area contributed by atoms with Crippen molar-refractivity contribution in [2.75, 3.05) is 0 Å². The van der Waals surface area contributed by atoms with Gasteiger partial charge in [0.1, 0.15) is 12.3 Å². The third kappa shape index (κ3) is 14.1. The van der Waals surface area contributed by atoms with Crippen molar-refractivity contribution in [2.24, 2.45) is 0 Å². The van der Waals surface area contributed by atoms with Gasteiger partial charge in [0, 0.05) is 6.42 Å². The maximum Gasteiger partial charge on any atom is 0.103 e. The summed E-state index contributed by atoms with van der Waals surface area (Å²) in [5.41, 5.74) is 0. The summed E-state index contributed by atoms with van der Waals surface area (Å²) in [5, 5.41) is 0. The van der Waals surface area contributed by atoms with Crippen LogP contribution in [0.2, 0.25) is 0 Å². The highest BCUT2D eigenvalue weighted by Gasteiger charge is 2.14. The number of hydrogen-bond acceptors (Lipinski definition) is 0. The van der Waals surface area contributed by atoms with Crippen LogP contribution in [0.1, 0.15) is 97.3 Å². The van der Waals surface area contributed by atoms with Crippen molar-refractivity contribution in [3.8, 4) is 0 Å². The Morgan fingerprint density at radius 2 is 0.947 bits per heavy atom. The molecule has 2 heteroatoms. The minimum atomic E-state index is -0.925. The summed E-state index contributed by atoms with van der Waals surface area (Å²) in [4.78, 5) is 0. The maximum atomic E-state index is 13.6. The third-order valence-corrected chi connectivity index (χ3v) is 3.75. The Morgan fingerprint density at radius 3 is 1.47 bits per heavy atom. The third-order valence-electron chi connectivity index (χ3n) is 3.75. The van der Waals surface area contributed by atoms with Gasteiger partial charge in [-0.15, -0.1) is 0 Å². The van der Waals surface area contributed by atoms with Gasteiger partial charge in [0.25, 0.3) is 0 Å². The van der Waals surface area contributed by atoms with Crippen LogP contribution in [0.3, 0.4) is 0 Å². The number of halogens is 2. The first-order chi connectivity index (χ1) is 9.20. The van der Waals surface area contributed by atoms with Gasteiger partial charge >= 0.3 is 0 Å². The summed E-state index contributed by atoms with van der Waals surface area (Å²) >= 11 is 0. The summed E-state index contributed by atoms with van der Waals surface area (Å²) in [5.74, 6) is 0. The van der Waals surface area contributed by atoms with Gasteiger partial charge < -0.3 is 0 Å². The van der Waals surface area contributed by atoms with Crippen molar-refractivity contribution >= 4 is 0 Å². The molecule has 0 radical (unpaired) electrons. The minimum absolute atomic E-state index is 0.125. The standard InChI is InChI=1S/C17H34F2/c1-3-5-7-8-9-10-12-14-17(19)15-16(18)13-11-6-4-2/h16-17H,3-15H2,1-2H3. The van der Waals surface area contributed by atoms with Gasteiger partial charge in [-0.2, -0.15) is 0 Å². The van der Waals surface area contributed by atoms with E-state index in [1.54, 1.807) is 0 Å². The Bertz CT molecular complexity index is 171. The first kappa shape index (κ1) is 18.9. The average Bonchev–Trinajstić information content (AvgIpc) is 2.38. The van der Waals surface area contributed by atoms with Gasteiger partial charge in [-0.25, -0.2) is 8.78 Å². The molecule has 0 aliphatic rings. The molecule has 0 saturated carbocycles. The van der Waals surface area contributed by atoms with E-state index < -0.39 is 12.3 Å². The zero-order chi connectivity index (χ0) is 14.3. The molecule has 0 N–H and O–H groups in total. The zero-order valence-corrected chi connectivity index (χ0v) is 13.1. The Labute approximate surface area is 119 Å². The van der Waals surface area contributed by atoms with E-state index in [1.165, 1.54) is 32.1 Å². The van der Waals surface area contributed by atoms with Crippen molar-refractivity contribution in [3.05, 3.63) is 0 Å². The molecule has 0 rings (SSSR count). The molecule has 116 valence electrons. The molecule has 0 aromatic carbocycles. The molecule has 0 aromatic heterocycles. The molecular weight excluding hydrogens is 242 g/mol. The van der Waals surface area contributed by atoms with E-state index in [2.05, 4.69) is 13.8 Å². The van der Waals surface area contributed by atoms with Crippen LogP contribution in [0.15, 0.2) is 0 Å². The second-order valence-electron chi connectivity index (χ2n) is 5.84. The van der Waals surface area contributed by atoms with Crippen LogP contribution in [0.4, 0.5) is 8.78 Å². The first-order valence-corrected chi connectivity index (χ1v) is 8.48. The average molecular weight is 276 g/mol. The Kier molecular flexibility index (Phi) is 14.2. The van der Waals surface area contributed by atoms with Gasteiger partial charge in [0.05, 0.1) is 0 Å². The molecule has 0 aromatic rings. The zero-order valence-electron chi connectivity index (χ0n) is 13.1. The highest BCUT2D eigenvalue weighted by Crippen LogP contribution is 2.18. The van der Waals surface area contributed by atoms with E-state index in [0.29, 0.717) is 12.8 Å². The van der Waals surface area contributed by atoms with Crippen LogP contribution in [-0.4, -0.2) is 12.3 Å². The van der Waals surface area contributed by atoms with Gasteiger partial charge in [-0.1, -0.05) is 78.1 Å².